The van der Waals surface area contributed by atoms with E-state index in [9.17, 15) is 19.8 Å². The SMILES string of the molecule is CN(C)CCN(C)C.Cc1ccc(-c2cccc(-c3ccc(C)cc3)c2C(=O)[O-])cc1.Cc1ccc(-c2cccc(-c3ccc(C)cc3)c2C(=O)[O-])cc1.[Fe+4]. The molecule has 0 amide bonds. The standard InChI is InChI=1S/2C21H18O2.C6H16N2.Fe/c2*1-14-6-10-16(11-7-14)18-4-3-5-19(20(18)21(22)23)17-12-8-15(2)9-13-17;1-7(2)5-6-8(3)4;/h2*3-13H,1-2H3,(H,22,23);5-6H2,1-4H3;/q;;;+4/p-2. The second-order valence-electron chi connectivity index (χ2n) is 14.1. The van der Waals surface area contributed by atoms with E-state index in [0.717, 1.165) is 57.6 Å². The predicted molar refractivity (Wildman–Crippen MR) is 219 cm³/mol. The second-order valence-corrected chi connectivity index (χ2v) is 14.1. The van der Waals surface area contributed by atoms with Gasteiger partial charge in [0.15, 0.2) is 0 Å². The average molecular weight is 775 g/mol. The van der Waals surface area contributed by atoms with Gasteiger partial charge in [0, 0.05) is 24.2 Å². The summed E-state index contributed by atoms with van der Waals surface area (Å²) < 4.78 is 0. The molecule has 0 N–H and O–H groups in total. The summed E-state index contributed by atoms with van der Waals surface area (Å²) in [5, 5.41) is 23.6. The maximum absolute atomic E-state index is 11.8. The summed E-state index contributed by atoms with van der Waals surface area (Å²) in [5.74, 6) is -2.31. The van der Waals surface area contributed by atoms with Gasteiger partial charge in [-0.1, -0.05) is 156 Å². The van der Waals surface area contributed by atoms with Gasteiger partial charge in [-0.25, -0.2) is 0 Å². The molecule has 0 spiro atoms. The number of benzene rings is 6. The van der Waals surface area contributed by atoms with Gasteiger partial charge < -0.3 is 29.6 Å². The molecular formula is C48H50FeN2O4+2. The molecule has 6 nitrogen and oxygen atoms in total. The molecule has 0 saturated heterocycles. The van der Waals surface area contributed by atoms with Crippen molar-refractivity contribution in [1.29, 1.82) is 0 Å². The number of hydrogen-bond acceptors (Lipinski definition) is 6. The number of likely N-dealkylation sites (N-methyl/N-ethyl adjacent to an activating group) is 2. The van der Waals surface area contributed by atoms with E-state index >= 15 is 0 Å². The van der Waals surface area contributed by atoms with E-state index < -0.39 is 11.9 Å². The van der Waals surface area contributed by atoms with Gasteiger partial charge in [-0.05, 0) is 100 Å². The topological polar surface area (TPSA) is 86.7 Å². The first kappa shape index (κ1) is 44.1. The van der Waals surface area contributed by atoms with Crippen LogP contribution in [-0.2, 0) is 17.1 Å². The summed E-state index contributed by atoms with van der Waals surface area (Å²) in [4.78, 5) is 28.0. The third kappa shape index (κ3) is 12.6. The molecule has 6 aromatic carbocycles. The zero-order valence-corrected chi connectivity index (χ0v) is 34.1. The Labute approximate surface area is 337 Å². The fourth-order valence-electron chi connectivity index (χ4n) is 5.84. The first-order valence-corrected chi connectivity index (χ1v) is 18.0. The normalized spacial score (nSPS) is 10.4. The van der Waals surface area contributed by atoms with Crippen LogP contribution in [0.15, 0.2) is 133 Å². The van der Waals surface area contributed by atoms with E-state index in [0.29, 0.717) is 22.3 Å². The third-order valence-corrected chi connectivity index (χ3v) is 8.98. The quantitative estimate of drug-likeness (QED) is 0.138. The van der Waals surface area contributed by atoms with Gasteiger partial charge in [-0.15, -0.1) is 0 Å². The molecular weight excluding hydrogens is 724 g/mol. The molecule has 0 aliphatic rings. The van der Waals surface area contributed by atoms with E-state index in [1.54, 1.807) is 0 Å². The van der Waals surface area contributed by atoms with Crippen molar-refractivity contribution in [2.24, 2.45) is 0 Å². The Balaban J connectivity index is 0.000000244. The van der Waals surface area contributed by atoms with Crippen LogP contribution in [0.3, 0.4) is 0 Å². The first-order valence-electron chi connectivity index (χ1n) is 18.0. The number of carbonyl (C=O) groups is 2. The molecule has 6 rings (SSSR count). The monoisotopic (exact) mass is 774 g/mol. The Hall–Kier alpha value is -5.30. The number of aromatic carboxylic acids is 2. The second kappa shape index (κ2) is 21.0. The van der Waals surface area contributed by atoms with Gasteiger partial charge in [0.25, 0.3) is 0 Å². The molecule has 0 unspecified atom stereocenters. The number of carboxylic acids is 2. The minimum atomic E-state index is -1.16. The summed E-state index contributed by atoms with van der Waals surface area (Å²) >= 11 is 0. The molecule has 6 aromatic rings. The Kier molecular flexibility index (Phi) is 16.8. The Bertz CT molecular complexity index is 1860. The van der Waals surface area contributed by atoms with Crippen LogP contribution < -0.4 is 10.2 Å². The van der Waals surface area contributed by atoms with E-state index in [-0.39, 0.29) is 28.2 Å². The Morgan fingerprint density at radius 2 is 0.600 bits per heavy atom. The Morgan fingerprint density at radius 3 is 0.764 bits per heavy atom. The van der Waals surface area contributed by atoms with Crippen molar-refractivity contribution < 1.29 is 36.9 Å². The molecule has 7 heteroatoms. The number of carboxylic acid groups (broad SMARTS) is 2. The minimum absolute atomic E-state index is 0. The molecule has 0 bridgehead atoms. The van der Waals surface area contributed by atoms with E-state index in [1.807, 2.05) is 161 Å². The van der Waals surface area contributed by atoms with Crippen molar-refractivity contribution in [1.82, 2.24) is 9.80 Å². The largest absolute Gasteiger partial charge is 4.00 e. The summed E-state index contributed by atoms with van der Waals surface area (Å²) in [6.07, 6.45) is 0. The molecule has 0 saturated carbocycles. The van der Waals surface area contributed by atoms with Crippen LogP contribution in [0.4, 0.5) is 0 Å². The smallest absolute Gasteiger partial charge is 0.545 e. The number of aryl methyl sites for hydroxylation is 4. The van der Waals surface area contributed by atoms with Crippen LogP contribution in [0.25, 0.3) is 44.5 Å². The Morgan fingerprint density at radius 1 is 0.400 bits per heavy atom. The van der Waals surface area contributed by atoms with Crippen LogP contribution in [0.2, 0.25) is 0 Å². The maximum atomic E-state index is 11.8. The van der Waals surface area contributed by atoms with Crippen molar-refractivity contribution in [2.75, 3.05) is 41.3 Å². The van der Waals surface area contributed by atoms with Crippen LogP contribution >= 0.6 is 0 Å². The molecule has 0 aliphatic heterocycles. The fraction of sp³-hybridized carbons (Fsp3) is 0.208. The van der Waals surface area contributed by atoms with Crippen LogP contribution in [-0.4, -0.2) is 63.0 Å². The van der Waals surface area contributed by atoms with Crippen molar-refractivity contribution in [2.45, 2.75) is 27.7 Å². The summed E-state index contributed by atoms with van der Waals surface area (Å²) in [6.45, 7) is 10.3. The maximum Gasteiger partial charge on any atom is 4.00 e. The molecule has 0 radical (unpaired) electrons. The van der Waals surface area contributed by atoms with Gasteiger partial charge in [0.2, 0.25) is 0 Å². The zero-order chi connectivity index (χ0) is 39.4. The van der Waals surface area contributed by atoms with Crippen LogP contribution in [0, 0.1) is 27.7 Å². The molecule has 282 valence electrons. The number of hydrogen-bond donors (Lipinski definition) is 0. The fourth-order valence-corrected chi connectivity index (χ4v) is 5.84. The number of rotatable bonds is 9. The minimum Gasteiger partial charge on any atom is -0.545 e. The van der Waals surface area contributed by atoms with Crippen molar-refractivity contribution in [3.8, 4) is 44.5 Å². The average Bonchev–Trinajstić information content (AvgIpc) is 3.15. The van der Waals surface area contributed by atoms with Crippen LogP contribution in [0.1, 0.15) is 43.0 Å². The predicted octanol–water partition coefficient (Wildman–Crippen LogP) is 8.11. The van der Waals surface area contributed by atoms with Crippen molar-refractivity contribution in [3.63, 3.8) is 0 Å². The van der Waals surface area contributed by atoms with E-state index in [2.05, 4.69) is 38.0 Å². The third-order valence-electron chi connectivity index (χ3n) is 8.98. The molecule has 0 aromatic heterocycles. The molecule has 55 heavy (non-hydrogen) atoms. The van der Waals surface area contributed by atoms with E-state index in [1.165, 1.54) is 0 Å². The number of nitrogens with zero attached hydrogens (tertiary/aromatic N) is 2. The van der Waals surface area contributed by atoms with Gasteiger partial charge in [-0.2, -0.15) is 0 Å². The van der Waals surface area contributed by atoms with Gasteiger partial charge in [-0.3, -0.25) is 0 Å². The summed E-state index contributed by atoms with van der Waals surface area (Å²) in [7, 11) is 8.35. The van der Waals surface area contributed by atoms with Crippen molar-refractivity contribution >= 4 is 11.9 Å². The van der Waals surface area contributed by atoms with Crippen molar-refractivity contribution in [3.05, 3.63) is 167 Å². The molecule has 0 atom stereocenters. The van der Waals surface area contributed by atoms with Gasteiger partial charge in [0.1, 0.15) is 0 Å². The summed E-state index contributed by atoms with van der Waals surface area (Å²) in [5.41, 5.74) is 11.3. The zero-order valence-electron chi connectivity index (χ0n) is 33.0. The van der Waals surface area contributed by atoms with Gasteiger partial charge >= 0.3 is 17.1 Å². The van der Waals surface area contributed by atoms with E-state index in [4.69, 9.17) is 0 Å². The van der Waals surface area contributed by atoms with Crippen LogP contribution in [0.5, 0.6) is 0 Å². The summed E-state index contributed by atoms with van der Waals surface area (Å²) in [6, 6.07) is 42.4. The molecule has 0 fully saturated rings. The number of carbonyl (C=O) groups excluding carboxylic acids is 2. The molecule has 0 heterocycles. The first-order chi connectivity index (χ1) is 25.7. The van der Waals surface area contributed by atoms with Gasteiger partial charge in [0.05, 0.1) is 11.9 Å². The molecule has 0 aliphatic carbocycles.